The Morgan fingerprint density at radius 1 is 1.52 bits per heavy atom. The van der Waals surface area contributed by atoms with Crippen molar-refractivity contribution in [3.05, 3.63) is 27.7 Å². The zero-order valence-corrected chi connectivity index (χ0v) is 13.3. The molecule has 1 aliphatic rings. The highest BCUT2D eigenvalue weighted by Crippen LogP contribution is 2.43. The molecule has 110 valence electrons. The van der Waals surface area contributed by atoms with Crippen molar-refractivity contribution in [1.82, 2.24) is 20.2 Å². The fraction of sp³-hybridized carbons (Fsp3) is 0.385. The van der Waals surface area contributed by atoms with Gasteiger partial charge in [0.1, 0.15) is 0 Å². The maximum atomic E-state index is 11.1. The van der Waals surface area contributed by atoms with E-state index in [4.69, 9.17) is 16.7 Å². The van der Waals surface area contributed by atoms with E-state index in [0.29, 0.717) is 22.3 Å². The maximum Gasteiger partial charge on any atom is 0.305 e. The number of halogens is 2. The molecule has 0 bridgehead atoms. The number of aliphatic carboxylic acids is 1. The van der Waals surface area contributed by atoms with Gasteiger partial charge in [-0.1, -0.05) is 27.5 Å². The minimum Gasteiger partial charge on any atom is -0.481 e. The number of aromatic nitrogens is 4. The number of carbonyl (C=O) groups is 1. The molecule has 1 saturated carbocycles. The van der Waals surface area contributed by atoms with Gasteiger partial charge in [-0.15, -0.1) is 5.10 Å². The van der Waals surface area contributed by atoms with Crippen LogP contribution in [0.1, 0.15) is 25.3 Å². The molecule has 21 heavy (non-hydrogen) atoms. The molecule has 0 aliphatic heterocycles. The molecular weight excluding hydrogens is 360 g/mol. The standard InChI is InChI=1S/C13H12BrClN4O2/c14-8-3-4-9(10(15)5-8)13-16-17-18-19(13)11(6-12(20)21)7-1-2-7/h3-5,7,11H,1-2,6H2,(H,20,21). The Morgan fingerprint density at radius 2 is 2.29 bits per heavy atom. The van der Waals surface area contributed by atoms with Gasteiger partial charge in [0.15, 0.2) is 5.82 Å². The van der Waals surface area contributed by atoms with E-state index in [2.05, 4.69) is 31.5 Å². The quantitative estimate of drug-likeness (QED) is 0.873. The van der Waals surface area contributed by atoms with Gasteiger partial charge < -0.3 is 5.11 Å². The molecule has 1 fully saturated rings. The monoisotopic (exact) mass is 370 g/mol. The van der Waals surface area contributed by atoms with Gasteiger partial charge in [0.05, 0.1) is 17.5 Å². The zero-order chi connectivity index (χ0) is 15.0. The smallest absolute Gasteiger partial charge is 0.305 e. The molecule has 1 atom stereocenters. The van der Waals surface area contributed by atoms with Gasteiger partial charge in [0, 0.05) is 10.0 Å². The highest BCUT2D eigenvalue weighted by atomic mass is 79.9. The first-order valence-corrected chi connectivity index (χ1v) is 7.68. The van der Waals surface area contributed by atoms with Crippen LogP contribution >= 0.6 is 27.5 Å². The van der Waals surface area contributed by atoms with E-state index in [0.717, 1.165) is 17.3 Å². The van der Waals surface area contributed by atoms with E-state index in [-0.39, 0.29) is 12.5 Å². The van der Waals surface area contributed by atoms with E-state index in [1.54, 1.807) is 10.7 Å². The number of nitrogens with zero attached hydrogens (tertiary/aromatic N) is 4. The van der Waals surface area contributed by atoms with Crippen LogP contribution in [0, 0.1) is 5.92 Å². The molecule has 1 aromatic heterocycles. The van der Waals surface area contributed by atoms with Crippen molar-refractivity contribution in [3.8, 4) is 11.4 Å². The maximum absolute atomic E-state index is 11.1. The van der Waals surface area contributed by atoms with E-state index in [1.807, 2.05) is 12.1 Å². The molecule has 1 aliphatic carbocycles. The summed E-state index contributed by atoms with van der Waals surface area (Å²) in [5.41, 5.74) is 0.695. The molecule has 6 nitrogen and oxygen atoms in total. The lowest BCUT2D eigenvalue weighted by atomic mass is 10.1. The van der Waals surface area contributed by atoms with E-state index < -0.39 is 5.97 Å². The van der Waals surface area contributed by atoms with Gasteiger partial charge in [-0.05, 0) is 47.4 Å². The predicted molar refractivity (Wildman–Crippen MR) is 80.0 cm³/mol. The van der Waals surface area contributed by atoms with Crippen LogP contribution in [-0.2, 0) is 4.79 Å². The van der Waals surface area contributed by atoms with Gasteiger partial charge in [0.2, 0.25) is 0 Å². The largest absolute Gasteiger partial charge is 0.481 e. The average Bonchev–Trinajstić information content (AvgIpc) is 3.14. The topological polar surface area (TPSA) is 80.9 Å². The molecule has 3 rings (SSSR count). The molecule has 1 heterocycles. The van der Waals surface area contributed by atoms with E-state index in [9.17, 15) is 4.79 Å². The molecule has 0 spiro atoms. The summed E-state index contributed by atoms with van der Waals surface area (Å²) < 4.78 is 2.46. The number of hydrogen-bond donors (Lipinski definition) is 1. The molecular formula is C13H12BrClN4O2. The first kappa shape index (κ1) is 14.5. The lowest BCUT2D eigenvalue weighted by molar-refractivity contribution is -0.138. The number of rotatable bonds is 5. The Kier molecular flexibility index (Phi) is 3.95. The third-order valence-corrected chi connectivity index (χ3v) is 4.33. The van der Waals surface area contributed by atoms with Crippen molar-refractivity contribution in [2.45, 2.75) is 25.3 Å². The van der Waals surface area contributed by atoms with Crippen LogP contribution < -0.4 is 0 Å². The van der Waals surface area contributed by atoms with Crippen molar-refractivity contribution in [2.75, 3.05) is 0 Å². The minimum absolute atomic E-state index is 0.0108. The van der Waals surface area contributed by atoms with Crippen molar-refractivity contribution in [2.24, 2.45) is 5.92 Å². The van der Waals surface area contributed by atoms with Crippen LogP contribution in [0.3, 0.4) is 0 Å². The number of benzene rings is 1. The van der Waals surface area contributed by atoms with Gasteiger partial charge in [-0.2, -0.15) is 0 Å². The number of carboxylic acids is 1. The van der Waals surface area contributed by atoms with Gasteiger partial charge in [0.25, 0.3) is 0 Å². The lowest BCUT2D eigenvalue weighted by Gasteiger charge is -2.16. The minimum atomic E-state index is -0.852. The summed E-state index contributed by atoms with van der Waals surface area (Å²) >= 11 is 9.60. The summed E-state index contributed by atoms with van der Waals surface area (Å²) in [6.07, 6.45) is 2.02. The second-order valence-electron chi connectivity index (χ2n) is 5.07. The zero-order valence-electron chi connectivity index (χ0n) is 10.9. The first-order chi connectivity index (χ1) is 10.1. The summed E-state index contributed by atoms with van der Waals surface area (Å²) in [7, 11) is 0. The number of hydrogen-bond acceptors (Lipinski definition) is 4. The van der Waals surface area contributed by atoms with Crippen LogP contribution in [0.2, 0.25) is 5.02 Å². The fourth-order valence-electron chi connectivity index (χ4n) is 2.38. The van der Waals surface area contributed by atoms with Gasteiger partial charge in [-0.25, -0.2) is 4.68 Å². The summed E-state index contributed by atoms with van der Waals surface area (Å²) in [4.78, 5) is 11.1. The van der Waals surface area contributed by atoms with Gasteiger partial charge >= 0.3 is 5.97 Å². The molecule has 8 heteroatoms. The average molecular weight is 372 g/mol. The van der Waals surface area contributed by atoms with E-state index >= 15 is 0 Å². The third kappa shape index (κ3) is 3.08. The Morgan fingerprint density at radius 3 is 2.90 bits per heavy atom. The molecule has 0 radical (unpaired) electrons. The molecule has 1 unspecified atom stereocenters. The molecule has 1 aromatic carbocycles. The second kappa shape index (κ2) is 5.73. The highest BCUT2D eigenvalue weighted by molar-refractivity contribution is 9.10. The molecule has 2 aromatic rings. The highest BCUT2D eigenvalue weighted by Gasteiger charge is 2.36. The van der Waals surface area contributed by atoms with Crippen LogP contribution in [0.5, 0.6) is 0 Å². The van der Waals surface area contributed by atoms with Gasteiger partial charge in [-0.3, -0.25) is 4.79 Å². The Balaban J connectivity index is 2.01. The predicted octanol–water partition coefficient (Wildman–Crippen LogP) is 3.18. The summed E-state index contributed by atoms with van der Waals surface area (Å²) in [5, 5.41) is 21.3. The van der Waals surface area contributed by atoms with Crippen molar-refractivity contribution < 1.29 is 9.90 Å². The lowest BCUT2D eigenvalue weighted by Crippen LogP contribution is -2.18. The number of carboxylic acid groups (broad SMARTS) is 1. The summed E-state index contributed by atoms with van der Waals surface area (Å²) in [6, 6.07) is 5.20. The van der Waals surface area contributed by atoms with E-state index in [1.165, 1.54) is 0 Å². The van der Waals surface area contributed by atoms with Crippen LogP contribution in [0.4, 0.5) is 0 Å². The van der Waals surface area contributed by atoms with Crippen molar-refractivity contribution >= 4 is 33.5 Å². The summed E-state index contributed by atoms with van der Waals surface area (Å²) in [5.74, 6) is -0.0292. The first-order valence-electron chi connectivity index (χ1n) is 6.51. The van der Waals surface area contributed by atoms with Crippen LogP contribution in [0.15, 0.2) is 22.7 Å². The second-order valence-corrected chi connectivity index (χ2v) is 6.40. The summed E-state index contributed by atoms with van der Waals surface area (Å²) in [6.45, 7) is 0. The molecule has 0 saturated heterocycles. The van der Waals surface area contributed by atoms with Crippen molar-refractivity contribution in [1.29, 1.82) is 0 Å². The van der Waals surface area contributed by atoms with Crippen molar-refractivity contribution in [3.63, 3.8) is 0 Å². The Labute approximate surface area is 134 Å². The third-order valence-electron chi connectivity index (χ3n) is 3.53. The molecule has 0 amide bonds. The fourth-order valence-corrected chi connectivity index (χ4v) is 3.14. The van der Waals surface area contributed by atoms with Crippen LogP contribution in [-0.4, -0.2) is 31.3 Å². The Hall–Kier alpha value is -1.47. The number of tetrazole rings is 1. The molecule has 1 N–H and O–H groups in total. The SMILES string of the molecule is O=C(O)CC(C1CC1)n1nnnc1-c1ccc(Br)cc1Cl. The van der Waals surface area contributed by atoms with Crippen LogP contribution in [0.25, 0.3) is 11.4 Å². The Bertz CT molecular complexity index is 687. The normalized spacial score (nSPS) is 15.9.